The molecule has 0 spiro atoms. The van der Waals surface area contributed by atoms with Gasteiger partial charge in [0, 0.05) is 18.6 Å². The van der Waals surface area contributed by atoms with Gasteiger partial charge in [0.25, 0.3) is 0 Å². The van der Waals surface area contributed by atoms with E-state index < -0.39 is 0 Å². The summed E-state index contributed by atoms with van der Waals surface area (Å²) in [5.41, 5.74) is 1.12. The van der Waals surface area contributed by atoms with E-state index >= 15 is 0 Å². The van der Waals surface area contributed by atoms with Gasteiger partial charge in [-0.2, -0.15) is 0 Å². The van der Waals surface area contributed by atoms with Gasteiger partial charge in [-0.15, -0.1) is 0 Å². The Morgan fingerprint density at radius 1 is 1.29 bits per heavy atom. The van der Waals surface area contributed by atoms with Crippen LogP contribution in [0.1, 0.15) is 48.0 Å². The third-order valence-corrected chi connectivity index (χ3v) is 4.25. The Bertz CT molecular complexity index is 238. The molecule has 1 aliphatic heterocycles. The molecule has 2 aliphatic rings. The van der Waals surface area contributed by atoms with Crippen molar-refractivity contribution >= 4 is 0 Å². The molecule has 1 heteroatoms. The van der Waals surface area contributed by atoms with Gasteiger partial charge in [-0.05, 0) is 37.0 Å². The predicted molar refractivity (Wildman–Crippen MR) is 61.3 cm³/mol. The summed E-state index contributed by atoms with van der Waals surface area (Å²) in [5, 5.41) is 0. The van der Waals surface area contributed by atoms with E-state index in [4.69, 9.17) is 0 Å². The average molecular weight is 195 g/mol. The van der Waals surface area contributed by atoms with E-state index in [0.29, 0.717) is 16.9 Å². The summed E-state index contributed by atoms with van der Waals surface area (Å²) in [7, 11) is 0. The lowest BCUT2D eigenvalue weighted by molar-refractivity contribution is 0.0849. The molecular formula is C13H25N. The fourth-order valence-corrected chi connectivity index (χ4v) is 3.47. The number of piperidine rings is 1. The third-order valence-electron chi connectivity index (χ3n) is 4.25. The lowest BCUT2D eigenvalue weighted by Gasteiger charge is -2.39. The monoisotopic (exact) mass is 195 g/mol. The minimum Gasteiger partial charge on any atom is -0.297 e. The van der Waals surface area contributed by atoms with Crippen LogP contribution in [0.2, 0.25) is 0 Å². The van der Waals surface area contributed by atoms with Crippen molar-refractivity contribution in [3.05, 3.63) is 0 Å². The summed E-state index contributed by atoms with van der Waals surface area (Å²) in [6.07, 6.45) is 1.47. The standard InChI is InChI=1S/C13H25N/c1-9(2)14-8-13(6)7-10(13)11(14)12(3,4)5/h9-11H,7-8H2,1-6H3/t10?,11-,13?/m0/s1. The Labute approximate surface area is 88.9 Å². The Kier molecular flexibility index (Phi) is 2.06. The van der Waals surface area contributed by atoms with Crippen LogP contribution in [0.15, 0.2) is 0 Å². The van der Waals surface area contributed by atoms with Crippen LogP contribution in [-0.2, 0) is 0 Å². The molecule has 0 amide bonds. The molecular weight excluding hydrogens is 170 g/mol. The highest BCUT2D eigenvalue weighted by Crippen LogP contribution is 2.64. The molecule has 0 N–H and O–H groups in total. The van der Waals surface area contributed by atoms with E-state index in [0.717, 1.165) is 12.0 Å². The van der Waals surface area contributed by atoms with Crippen LogP contribution < -0.4 is 0 Å². The third kappa shape index (κ3) is 1.41. The normalized spacial score (nSPS) is 43.1. The zero-order chi connectivity index (χ0) is 10.7. The smallest absolute Gasteiger partial charge is 0.0181 e. The van der Waals surface area contributed by atoms with E-state index in [1.165, 1.54) is 13.0 Å². The molecule has 1 saturated heterocycles. The molecule has 1 aliphatic carbocycles. The summed E-state index contributed by atoms with van der Waals surface area (Å²) in [6, 6.07) is 1.52. The van der Waals surface area contributed by atoms with Gasteiger partial charge < -0.3 is 0 Å². The molecule has 82 valence electrons. The summed E-state index contributed by atoms with van der Waals surface area (Å²) in [6.45, 7) is 15.7. The van der Waals surface area contributed by atoms with Gasteiger partial charge in [-0.1, -0.05) is 27.7 Å². The van der Waals surface area contributed by atoms with Crippen molar-refractivity contribution in [1.82, 2.24) is 4.90 Å². The molecule has 1 nitrogen and oxygen atoms in total. The first-order valence-corrected chi connectivity index (χ1v) is 6.01. The van der Waals surface area contributed by atoms with Gasteiger partial charge in [0.2, 0.25) is 0 Å². The first kappa shape index (κ1) is 10.5. The van der Waals surface area contributed by atoms with E-state index in [1.807, 2.05) is 0 Å². The van der Waals surface area contributed by atoms with Crippen LogP contribution in [0, 0.1) is 16.7 Å². The fourth-order valence-electron chi connectivity index (χ4n) is 3.47. The van der Waals surface area contributed by atoms with Crippen LogP contribution in [0.3, 0.4) is 0 Å². The minimum atomic E-state index is 0.448. The second-order valence-corrected chi connectivity index (χ2v) is 7.04. The average Bonchev–Trinajstić information content (AvgIpc) is 2.50. The maximum atomic E-state index is 2.73. The maximum absolute atomic E-state index is 2.73. The first-order chi connectivity index (χ1) is 6.26. The number of rotatable bonds is 1. The number of fused-ring (bicyclic) bond motifs is 1. The summed E-state index contributed by atoms with van der Waals surface area (Å²) in [5.74, 6) is 0.977. The number of hydrogen-bond acceptors (Lipinski definition) is 1. The molecule has 0 bridgehead atoms. The van der Waals surface area contributed by atoms with Crippen molar-refractivity contribution in [3.8, 4) is 0 Å². The minimum absolute atomic E-state index is 0.448. The molecule has 2 fully saturated rings. The highest BCUT2D eigenvalue weighted by molar-refractivity contribution is 5.15. The fraction of sp³-hybridized carbons (Fsp3) is 1.00. The molecule has 1 heterocycles. The highest BCUT2D eigenvalue weighted by atomic mass is 15.3. The van der Waals surface area contributed by atoms with Crippen LogP contribution in [0.5, 0.6) is 0 Å². The summed E-state index contributed by atoms with van der Waals surface area (Å²) < 4.78 is 0. The highest BCUT2D eigenvalue weighted by Gasteiger charge is 2.64. The zero-order valence-electron chi connectivity index (χ0n) is 10.6. The number of likely N-dealkylation sites (tertiary alicyclic amines) is 1. The quantitative estimate of drug-likeness (QED) is 0.621. The molecule has 0 aromatic rings. The summed E-state index contributed by atoms with van der Waals surface area (Å²) >= 11 is 0. The van der Waals surface area contributed by atoms with Gasteiger partial charge >= 0.3 is 0 Å². The molecule has 0 radical (unpaired) electrons. The van der Waals surface area contributed by atoms with E-state index in [9.17, 15) is 0 Å². The van der Waals surface area contributed by atoms with Gasteiger partial charge in [-0.25, -0.2) is 0 Å². The van der Waals surface area contributed by atoms with Gasteiger partial charge in [0.1, 0.15) is 0 Å². The Hall–Kier alpha value is -0.0400. The second-order valence-electron chi connectivity index (χ2n) is 7.04. The van der Waals surface area contributed by atoms with E-state index in [2.05, 4.69) is 46.4 Å². The number of nitrogens with zero attached hydrogens (tertiary/aromatic N) is 1. The second kappa shape index (κ2) is 2.75. The van der Waals surface area contributed by atoms with E-state index in [1.54, 1.807) is 0 Å². The van der Waals surface area contributed by atoms with Crippen molar-refractivity contribution in [2.45, 2.75) is 60.0 Å². The van der Waals surface area contributed by atoms with E-state index in [-0.39, 0.29) is 0 Å². The molecule has 2 unspecified atom stereocenters. The lowest BCUT2D eigenvalue weighted by atomic mass is 9.83. The molecule has 1 saturated carbocycles. The molecule has 0 aromatic heterocycles. The van der Waals surface area contributed by atoms with Gasteiger partial charge in [0.15, 0.2) is 0 Å². The number of hydrogen-bond donors (Lipinski definition) is 0. The zero-order valence-corrected chi connectivity index (χ0v) is 10.6. The summed E-state index contributed by atoms with van der Waals surface area (Å²) in [4.78, 5) is 2.73. The largest absolute Gasteiger partial charge is 0.297 e. The van der Waals surface area contributed by atoms with Crippen LogP contribution in [-0.4, -0.2) is 23.5 Å². The van der Waals surface area contributed by atoms with Crippen molar-refractivity contribution < 1.29 is 0 Å². The van der Waals surface area contributed by atoms with Crippen molar-refractivity contribution in [1.29, 1.82) is 0 Å². The van der Waals surface area contributed by atoms with Crippen LogP contribution >= 0.6 is 0 Å². The Morgan fingerprint density at radius 3 is 2.21 bits per heavy atom. The van der Waals surface area contributed by atoms with Crippen molar-refractivity contribution in [2.75, 3.05) is 6.54 Å². The maximum Gasteiger partial charge on any atom is 0.0181 e. The molecule has 2 rings (SSSR count). The lowest BCUT2D eigenvalue weighted by Crippen LogP contribution is -2.46. The van der Waals surface area contributed by atoms with Gasteiger partial charge in [-0.3, -0.25) is 4.90 Å². The molecule has 14 heavy (non-hydrogen) atoms. The van der Waals surface area contributed by atoms with Crippen molar-refractivity contribution in [3.63, 3.8) is 0 Å². The topological polar surface area (TPSA) is 3.24 Å². The predicted octanol–water partition coefficient (Wildman–Crippen LogP) is 3.15. The van der Waals surface area contributed by atoms with Crippen LogP contribution in [0.4, 0.5) is 0 Å². The van der Waals surface area contributed by atoms with Crippen molar-refractivity contribution in [2.24, 2.45) is 16.7 Å². The Morgan fingerprint density at radius 2 is 1.86 bits per heavy atom. The Balaban J connectivity index is 2.20. The van der Waals surface area contributed by atoms with Gasteiger partial charge in [0.05, 0.1) is 0 Å². The molecule has 3 atom stereocenters. The first-order valence-electron chi connectivity index (χ1n) is 6.01. The molecule has 0 aromatic carbocycles. The SMILES string of the molecule is CC(C)N1CC2(C)CC2[C@H]1C(C)(C)C. The van der Waals surface area contributed by atoms with Crippen LogP contribution in [0.25, 0.3) is 0 Å².